The lowest BCUT2D eigenvalue weighted by molar-refractivity contribution is -0.121. The third kappa shape index (κ3) is 5.53. The number of hydrogen-bond donors (Lipinski definition) is 2. The predicted molar refractivity (Wildman–Crippen MR) is 98.2 cm³/mol. The van der Waals surface area contributed by atoms with Gasteiger partial charge < -0.3 is 10.1 Å². The van der Waals surface area contributed by atoms with E-state index in [-0.39, 0.29) is 29.8 Å². The summed E-state index contributed by atoms with van der Waals surface area (Å²) in [5.41, 5.74) is 0.970. The molecule has 1 heterocycles. The zero-order valence-electron chi connectivity index (χ0n) is 14.8. The minimum Gasteiger partial charge on any atom is -0.497 e. The van der Waals surface area contributed by atoms with Gasteiger partial charge in [-0.15, -0.1) is 0 Å². The first-order valence-electron chi connectivity index (χ1n) is 8.29. The number of sulfonamides is 1. The summed E-state index contributed by atoms with van der Waals surface area (Å²) in [6, 6.07) is 10.3. The van der Waals surface area contributed by atoms with Crippen molar-refractivity contribution in [3.8, 4) is 5.75 Å². The number of hydrogen-bond acceptors (Lipinski definition) is 5. The highest BCUT2D eigenvalue weighted by molar-refractivity contribution is 7.89. The van der Waals surface area contributed by atoms with Crippen LogP contribution in [0, 0.1) is 0 Å². The third-order valence-corrected chi connectivity index (χ3v) is 5.30. The molecule has 2 aromatic rings. The fraction of sp³-hybridized carbons (Fsp3) is 0.333. The smallest absolute Gasteiger partial charge is 0.242 e. The lowest BCUT2D eigenvalue weighted by Gasteiger charge is -2.18. The largest absolute Gasteiger partial charge is 0.497 e. The highest BCUT2D eigenvalue weighted by Crippen LogP contribution is 2.20. The molecule has 1 amide bonds. The fourth-order valence-corrected chi connectivity index (χ4v) is 3.41. The summed E-state index contributed by atoms with van der Waals surface area (Å²) in [6.07, 6.45) is 3.53. The van der Waals surface area contributed by atoms with Crippen molar-refractivity contribution < 1.29 is 17.9 Å². The third-order valence-electron chi connectivity index (χ3n) is 3.85. The van der Waals surface area contributed by atoms with Crippen LogP contribution in [-0.4, -0.2) is 33.0 Å². The maximum atomic E-state index is 12.1. The second kappa shape index (κ2) is 9.30. The molecule has 0 fully saturated rings. The average Bonchev–Trinajstić information content (AvgIpc) is 2.67. The molecule has 0 saturated heterocycles. The summed E-state index contributed by atoms with van der Waals surface area (Å²) in [6.45, 7) is 1.99. The van der Waals surface area contributed by atoms with Crippen LogP contribution >= 0.6 is 0 Å². The molecule has 0 aliphatic heterocycles. The number of methoxy groups -OCH3 is 1. The number of ether oxygens (including phenoxy) is 1. The molecule has 1 atom stereocenters. The Kier molecular flexibility index (Phi) is 7.11. The SMILES string of the molecule is CCC(NC(=O)CCNS(=O)(=O)c1cccnc1)c1ccc(OC)cc1. The van der Waals surface area contributed by atoms with Gasteiger partial charge in [-0.3, -0.25) is 9.78 Å². The Morgan fingerprint density at radius 2 is 1.96 bits per heavy atom. The van der Waals surface area contributed by atoms with E-state index < -0.39 is 10.0 Å². The van der Waals surface area contributed by atoms with E-state index in [1.54, 1.807) is 13.2 Å². The molecule has 26 heavy (non-hydrogen) atoms. The molecule has 2 rings (SSSR count). The zero-order valence-corrected chi connectivity index (χ0v) is 15.6. The number of benzene rings is 1. The summed E-state index contributed by atoms with van der Waals surface area (Å²) in [5.74, 6) is 0.529. The van der Waals surface area contributed by atoms with Crippen LogP contribution in [0.15, 0.2) is 53.7 Å². The summed E-state index contributed by atoms with van der Waals surface area (Å²) in [5, 5.41) is 2.92. The second-order valence-corrected chi connectivity index (χ2v) is 7.40. The number of amides is 1. The number of aromatic nitrogens is 1. The lowest BCUT2D eigenvalue weighted by atomic mass is 10.0. The quantitative estimate of drug-likeness (QED) is 0.697. The topological polar surface area (TPSA) is 97.4 Å². The van der Waals surface area contributed by atoms with Gasteiger partial charge in [0.1, 0.15) is 10.6 Å². The monoisotopic (exact) mass is 377 g/mol. The maximum Gasteiger partial charge on any atom is 0.242 e. The van der Waals surface area contributed by atoms with Gasteiger partial charge >= 0.3 is 0 Å². The number of carbonyl (C=O) groups is 1. The highest BCUT2D eigenvalue weighted by Gasteiger charge is 2.16. The van der Waals surface area contributed by atoms with E-state index in [0.29, 0.717) is 0 Å². The van der Waals surface area contributed by atoms with E-state index in [9.17, 15) is 13.2 Å². The van der Waals surface area contributed by atoms with E-state index in [1.165, 1.54) is 18.5 Å². The first-order valence-corrected chi connectivity index (χ1v) is 9.77. The van der Waals surface area contributed by atoms with Crippen molar-refractivity contribution in [1.82, 2.24) is 15.0 Å². The van der Waals surface area contributed by atoms with Crippen LogP contribution in [0.5, 0.6) is 5.75 Å². The van der Waals surface area contributed by atoms with Crippen LogP contribution in [0.25, 0.3) is 0 Å². The number of nitrogens with zero attached hydrogens (tertiary/aromatic N) is 1. The Morgan fingerprint density at radius 3 is 2.54 bits per heavy atom. The van der Waals surface area contributed by atoms with Gasteiger partial charge in [-0.25, -0.2) is 13.1 Å². The van der Waals surface area contributed by atoms with Crippen LogP contribution in [-0.2, 0) is 14.8 Å². The molecule has 0 bridgehead atoms. The van der Waals surface area contributed by atoms with Crippen LogP contribution < -0.4 is 14.8 Å². The minimum atomic E-state index is -3.66. The van der Waals surface area contributed by atoms with E-state index in [0.717, 1.165) is 17.7 Å². The van der Waals surface area contributed by atoms with Gasteiger partial charge in [0.05, 0.1) is 13.2 Å². The minimum absolute atomic E-state index is 0.0160. The number of pyridine rings is 1. The molecule has 0 aliphatic rings. The molecule has 2 N–H and O–H groups in total. The Balaban J connectivity index is 1.87. The predicted octanol–water partition coefficient (Wildman–Crippen LogP) is 2.03. The van der Waals surface area contributed by atoms with E-state index in [2.05, 4.69) is 15.0 Å². The van der Waals surface area contributed by atoms with Crippen molar-refractivity contribution in [1.29, 1.82) is 0 Å². The standard InChI is InChI=1S/C18H23N3O4S/c1-3-17(14-6-8-15(25-2)9-7-14)21-18(22)10-12-20-26(23,24)16-5-4-11-19-13-16/h4-9,11,13,17,20H,3,10,12H2,1-2H3,(H,21,22). The number of carbonyl (C=O) groups excluding carboxylic acids is 1. The Morgan fingerprint density at radius 1 is 1.23 bits per heavy atom. The summed E-state index contributed by atoms with van der Waals surface area (Å²) in [7, 11) is -2.06. The summed E-state index contributed by atoms with van der Waals surface area (Å²) in [4.78, 5) is 16.0. The van der Waals surface area contributed by atoms with Crippen LogP contribution in [0.3, 0.4) is 0 Å². The van der Waals surface area contributed by atoms with Crippen LogP contribution in [0.2, 0.25) is 0 Å². The molecule has 7 nitrogen and oxygen atoms in total. The van der Waals surface area contributed by atoms with Gasteiger partial charge in [-0.05, 0) is 36.2 Å². The van der Waals surface area contributed by atoms with E-state index in [1.807, 2.05) is 31.2 Å². The van der Waals surface area contributed by atoms with Gasteiger partial charge in [0, 0.05) is 25.4 Å². The lowest BCUT2D eigenvalue weighted by Crippen LogP contribution is -2.32. The first-order chi connectivity index (χ1) is 12.5. The average molecular weight is 377 g/mol. The normalized spacial score (nSPS) is 12.4. The molecule has 1 aromatic heterocycles. The maximum absolute atomic E-state index is 12.1. The molecule has 1 unspecified atom stereocenters. The van der Waals surface area contributed by atoms with Crippen molar-refractivity contribution in [3.63, 3.8) is 0 Å². The van der Waals surface area contributed by atoms with Crippen LogP contribution in [0.4, 0.5) is 0 Å². The van der Waals surface area contributed by atoms with Gasteiger partial charge in [-0.1, -0.05) is 19.1 Å². The van der Waals surface area contributed by atoms with Gasteiger partial charge in [0.15, 0.2) is 0 Å². The molecule has 8 heteroatoms. The molecule has 0 radical (unpaired) electrons. The Hall–Kier alpha value is -2.45. The van der Waals surface area contributed by atoms with Crippen molar-refractivity contribution in [2.75, 3.05) is 13.7 Å². The number of rotatable bonds is 9. The van der Waals surface area contributed by atoms with E-state index in [4.69, 9.17) is 4.74 Å². The Bertz CT molecular complexity index is 808. The molecule has 0 saturated carbocycles. The first kappa shape index (κ1) is 19.9. The van der Waals surface area contributed by atoms with E-state index >= 15 is 0 Å². The molecule has 1 aromatic carbocycles. The molecule has 140 valence electrons. The van der Waals surface area contributed by atoms with Crippen molar-refractivity contribution >= 4 is 15.9 Å². The van der Waals surface area contributed by atoms with Gasteiger partial charge in [0.25, 0.3) is 0 Å². The van der Waals surface area contributed by atoms with Crippen molar-refractivity contribution in [2.24, 2.45) is 0 Å². The van der Waals surface area contributed by atoms with Crippen molar-refractivity contribution in [2.45, 2.75) is 30.7 Å². The summed E-state index contributed by atoms with van der Waals surface area (Å²) >= 11 is 0. The zero-order chi connectivity index (χ0) is 19.0. The van der Waals surface area contributed by atoms with Gasteiger partial charge in [0.2, 0.25) is 15.9 Å². The van der Waals surface area contributed by atoms with Crippen molar-refractivity contribution in [3.05, 3.63) is 54.4 Å². The highest BCUT2D eigenvalue weighted by atomic mass is 32.2. The molecular formula is C18H23N3O4S. The fourth-order valence-electron chi connectivity index (χ4n) is 2.41. The number of nitrogens with one attached hydrogen (secondary N) is 2. The van der Waals surface area contributed by atoms with Crippen LogP contribution in [0.1, 0.15) is 31.4 Å². The molecule has 0 spiro atoms. The second-order valence-electron chi connectivity index (χ2n) is 5.64. The Labute approximate surface area is 153 Å². The van der Waals surface area contributed by atoms with Gasteiger partial charge in [-0.2, -0.15) is 0 Å². The molecule has 0 aliphatic carbocycles. The molecular weight excluding hydrogens is 354 g/mol. The summed E-state index contributed by atoms with van der Waals surface area (Å²) < 4.78 is 31.7.